The predicted octanol–water partition coefficient (Wildman–Crippen LogP) is 0.688. The standard InChI is InChI=1S/C14H15FN8/c1-10-11(15)12(18-8-17-10)21-4-6-22(7-5-21)13-14-20-19-9-23(14)3-2-16-13/h2-3,8-9H,4-7H2,1H3. The van der Waals surface area contributed by atoms with Gasteiger partial charge in [-0.2, -0.15) is 0 Å². The predicted molar refractivity (Wildman–Crippen MR) is 81.9 cm³/mol. The van der Waals surface area contributed by atoms with E-state index < -0.39 is 0 Å². The molecule has 3 aromatic rings. The van der Waals surface area contributed by atoms with Gasteiger partial charge in [-0.15, -0.1) is 10.2 Å². The maximum Gasteiger partial charge on any atom is 0.203 e. The molecular formula is C14H15FN8. The second-order valence-corrected chi connectivity index (χ2v) is 5.38. The van der Waals surface area contributed by atoms with Gasteiger partial charge >= 0.3 is 0 Å². The van der Waals surface area contributed by atoms with Crippen LogP contribution in [0.15, 0.2) is 25.0 Å². The lowest BCUT2D eigenvalue weighted by Gasteiger charge is -2.36. The highest BCUT2D eigenvalue weighted by molar-refractivity contribution is 5.64. The Balaban J connectivity index is 1.55. The molecule has 0 aromatic carbocycles. The van der Waals surface area contributed by atoms with E-state index in [2.05, 4.69) is 30.0 Å². The molecule has 0 N–H and O–H groups in total. The van der Waals surface area contributed by atoms with Crippen LogP contribution in [0.2, 0.25) is 0 Å². The average molecular weight is 314 g/mol. The Bertz CT molecular complexity index is 840. The van der Waals surface area contributed by atoms with E-state index in [-0.39, 0.29) is 5.82 Å². The van der Waals surface area contributed by atoms with Gasteiger partial charge in [0.1, 0.15) is 12.7 Å². The molecule has 0 aliphatic carbocycles. The Hall–Kier alpha value is -2.84. The summed E-state index contributed by atoms with van der Waals surface area (Å²) < 4.78 is 16.0. The first-order valence-corrected chi connectivity index (χ1v) is 7.35. The zero-order valence-corrected chi connectivity index (χ0v) is 12.6. The van der Waals surface area contributed by atoms with Crippen molar-refractivity contribution in [3.05, 3.63) is 36.6 Å². The molecule has 1 aliphatic rings. The first kappa shape index (κ1) is 13.8. The van der Waals surface area contributed by atoms with Crippen molar-refractivity contribution in [1.82, 2.24) is 29.5 Å². The van der Waals surface area contributed by atoms with Gasteiger partial charge in [0.05, 0.1) is 5.69 Å². The van der Waals surface area contributed by atoms with E-state index in [0.717, 1.165) is 11.5 Å². The maximum absolute atomic E-state index is 14.2. The van der Waals surface area contributed by atoms with Gasteiger partial charge in [-0.3, -0.25) is 4.40 Å². The molecule has 4 heterocycles. The lowest BCUT2D eigenvalue weighted by Crippen LogP contribution is -2.47. The average Bonchev–Trinajstić information content (AvgIpc) is 3.06. The number of hydrogen-bond donors (Lipinski definition) is 0. The molecule has 0 amide bonds. The lowest BCUT2D eigenvalue weighted by atomic mass is 10.3. The largest absolute Gasteiger partial charge is 0.351 e. The Kier molecular flexibility index (Phi) is 3.25. The minimum Gasteiger partial charge on any atom is -0.351 e. The van der Waals surface area contributed by atoms with Gasteiger partial charge in [-0.05, 0) is 6.92 Å². The van der Waals surface area contributed by atoms with E-state index in [1.807, 2.05) is 15.5 Å². The highest BCUT2D eigenvalue weighted by Gasteiger charge is 2.23. The highest BCUT2D eigenvalue weighted by Crippen LogP contribution is 2.22. The van der Waals surface area contributed by atoms with Gasteiger partial charge in [-0.25, -0.2) is 19.3 Å². The fourth-order valence-corrected chi connectivity index (χ4v) is 2.76. The summed E-state index contributed by atoms with van der Waals surface area (Å²) in [5, 5.41) is 8.02. The Morgan fingerprint density at radius 3 is 2.52 bits per heavy atom. The van der Waals surface area contributed by atoms with Crippen LogP contribution in [-0.2, 0) is 0 Å². The maximum atomic E-state index is 14.2. The first-order chi connectivity index (χ1) is 11.2. The van der Waals surface area contributed by atoms with E-state index in [9.17, 15) is 4.39 Å². The van der Waals surface area contributed by atoms with Gasteiger partial charge in [-0.1, -0.05) is 0 Å². The summed E-state index contributed by atoms with van der Waals surface area (Å²) in [4.78, 5) is 16.4. The second-order valence-electron chi connectivity index (χ2n) is 5.38. The number of hydrogen-bond acceptors (Lipinski definition) is 7. The fraction of sp³-hybridized carbons (Fsp3) is 0.357. The van der Waals surface area contributed by atoms with Crippen LogP contribution in [0.5, 0.6) is 0 Å². The summed E-state index contributed by atoms with van der Waals surface area (Å²) in [6.45, 7) is 4.38. The van der Waals surface area contributed by atoms with Crippen molar-refractivity contribution in [2.75, 3.05) is 36.0 Å². The molecule has 9 heteroatoms. The molecule has 0 unspecified atom stereocenters. The zero-order valence-electron chi connectivity index (χ0n) is 12.6. The number of rotatable bonds is 2. The van der Waals surface area contributed by atoms with Gasteiger partial charge in [0.15, 0.2) is 17.5 Å². The molecule has 0 bridgehead atoms. The van der Waals surface area contributed by atoms with Crippen molar-refractivity contribution in [3.63, 3.8) is 0 Å². The third-order valence-corrected chi connectivity index (χ3v) is 4.02. The molecule has 4 rings (SSSR count). The minimum absolute atomic E-state index is 0.348. The molecule has 1 saturated heterocycles. The summed E-state index contributed by atoms with van der Waals surface area (Å²) in [7, 11) is 0. The van der Waals surface area contributed by atoms with Crippen LogP contribution >= 0.6 is 0 Å². The molecule has 0 spiro atoms. The van der Waals surface area contributed by atoms with E-state index in [1.54, 1.807) is 19.4 Å². The van der Waals surface area contributed by atoms with Crippen LogP contribution < -0.4 is 9.80 Å². The van der Waals surface area contributed by atoms with Crippen molar-refractivity contribution in [2.45, 2.75) is 6.92 Å². The van der Waals surface area contributed by atoms with E-state index in [1.165, 1.54) is 6.33 Å². The fourth-order valence-electron chi connectivity index (χ4n) is 2.76. The molecular weight excluding hydrogens is 299 g/mol. The summed E-state index contributed by atoms with van der Waals surface area (Å²) in [6, 6.07) is 0. The monoisotopic (exact) mass is 314 g/mol. The molecule has 1 fully saturated rings. The van der Waals surface area contributed by atoms with Crippen molar-refractivity contribution in [3.8, 4) is 0 Å². The number of anilines is 2. The number of nitrogens with zero attached hydrogens (tertiary/aromatic N) is 8. The second kappa shape index (κ2) is 5.41. The topological polar surface area (TPSA) is 75.3 Å². The SMILES string of the molecule is Cc1ncnc(N2CCN(c3nccn4cnnc34)CC2)c1F. The molecule has 3 aromatic heterocycles. The zero-order chi connectivity index (χ0) is 15.8. The first-order valence-electron chi connectivity index (χ1n) is 7.35. The van der Waals surface area contributed by atoms with Gasteiger partial charge in [0, 0.05) is 38.6 Å². The van der Waals surface area contributed by atoms with E-state index in [0.29, 0.717) is 37.7 Å². The van der Waals surface area contributed by atoms with Crippen molar-refractivity contribution in [1.29, 1.82) is 0 Å². The number of piperazine rings is 1. The molecule has 23 heavy (non-hydrogen) atoms. The molecule has 1 aliphatic heterocycles. The van der Waals surface area contributed by atoms with Crippen molar-refractivity contribution in [2.24, 2.45) is 0 Å². The molecule has 8 nitrogen and oxygen atoms in total. The summed E-state index contributed by atoms with van der Waals surface area (Å²) in [6.07, 6.45) is 6.59. The van der Waals surface area contributed by atoms with Gasteiger partial charge in [0.25, 0.3) is 0 Å². The van der Waals surface area contributed by atoms with Crippen molar-refractivity contribution >= 4 is 17.3 Å². The van der Waals surface area contributed by atoms with Crippen molar-refractivity contribution < 1.29 is 4.39 Å². The third kappa shape index (κ3) is 2.33. The Morgan fingerprint density at radius 2 is 1.74 bits per heavy atom. The van der Waals surface area contributed by atoms with Crippen LogP contribution in [0.25, 0.3) is 5.65 Å². The quantitative estimate of drug-likeness (QED) is 0.689. The highest BCUT2D eigenvalue weighted by atomic mass is 19.1. The number of halogens is 1. The number of fused-ring (bicyclic) bond motifs is 1. The van der Waals surface area contributed by atoms with E-state index in [4.69, 9.17) is 0 Å². The van der Waals surface area contributed by atoms with Crippen LogP contribution in [0.3, 0.4) is 0 Å². The normalized spacial score (nSPS) is 15.4. The van der Waals surface area contributed by atoms with Gasteiger partial charge in [0.2, 0.25) is 5.65 Å². The van der Waals surface area contributed by atoms with Crippen LogP contribution in [0, 0.1) is 12.7 Å². The molecule has 0 radical (unpaired) electrons. The smallest absolute Gasteiger partial charge is 0.203 e. The Morgan fingerprint density at radius 1 is 1.00 bits per heavy atom. The van der Waals surface area contributed by atoms with Crippen LogP contribution in [-0.4, -0.2) is 55.7 Å². The van der Waals surface area contributed by atoms with Crippen LogP contribution in [0.4, 0.5) is 16.0 Å². The van der Waals surface area contributed by atoms with E-state index >= 15 is 0 Å². The Labute approximate surface area is 131 Å². The summed E-state index contributed by atoms with van der Waals surface area (Å²) in [5.41, 5.74) is 1.09. The minimum atomic E-state index is -0.348. The number of aromatic nitrogens is 6. The number of aryl methyl sites for hydroxylation is 1. The molecule has 0 atom stereocenters. The molecule has 0 saturated carbocycles. The lowest BCUT2D eigenvalue weighted by molar-refractivity contribution is 0.573. The van der Waals surface area contributed by atoms with Crippen LogP contribution in [0.1, 0.15) is 5.69 Å². The summed E-state index contributed by atoms with van der Waals surface area (Å²) in [5.74, 6) is 0.813. The van der Waals surface area contributed by atoms with Gasteiger partial charge < -0.3 is 9.80 Å². The summed E-state index contributed by atoms with van der Waals surface area (Å²) >= 11 is 0. The third-order valence-electron chi connectivity index (χ3n) is 4.02. The molecule has 118 valence electrons.